The monoisotopic (exact) mass is 313 g/mol. The van der Waals surface area contributed by atoms with Crippen LogP contribution in [0.1, 0.15) is 36.8 Å². The summed E-state index contributed by atoms with van der Waals surface area (Å²) in [5, 5.41) is 0. The lowest BCUT2D eigenvalue weighted by Crippen LogP contribution is -2.36. The van der Waals surface area contributed by atoms with Gasteiger partial charge in [0.15, 0.2) is 0 Å². The van der Waals surface area contributed by atoms with Gasteiger partial charge in [-0.15, -0.1) is 0 Å². The fraction of sp³-hybridized carbons (Fsp3) is 0.471. The molecule has 1 amide bonds. The number of rotatable bonds is 3. The van der Waals surface area contributed by atoms with E-state index in [1.807, 2.05) is 33.9 Å². The molecule has 3 rings (SSSR count). The van der Waals surface area contributed by atoms with Crippen molar-refractivity contribution in [3.63, 3.8) is 0 Å². The Balaban J connectivity index is 1.70. The molecular formula is C17H23N5O. The topological polar surface area (TPSA) is 54.3 Å². The molecule has 122 valence electrons. The molecule has 6 heteroatoms. The largest absolute Gasteiger partial charge is 0.341 e. The van der Waals surface area contributed by atoms with Crippen LogP contribution in [0, 0.1) is 0 Å². The Bertz CT molecular complexity index is 652. The normalized spacial score (nSPS) is 15.8. The zero-order chi connectivity index (χ0) is 16.2. The summed E-state index contributed by atoms with van der Waals surface area (Å²) in [6.45, 7) is 7.28. The minimum Gasteiger partial charge on any atom is -0.341 e. The fourth-order valence-corrected chi connectivity index (χ4v) is 2.96. The van der Waals surface area contributed by atoms with Crippen LogP contribution in [-0.2, 0) is 0 Å². The average Bonchev–Trinajstić information content (AvgIpc) is 2.93. The zero-order valence-corrected chi connectivity index (χ0v) is 13.7. The Kier molecular flexibility index (Phi) is 4.60. The van der Waals surface area contributed by atoms with Crippen LogP contribution >= 0.6 is 0 Å². The molecule has 0 aromatic carbocycles. The smallest absolute Gasteiger partial charge is 0.270 e. The van der Waals surface area contributed by atoms with E-state index in [-0.39, 0.29) is 11.9 Å². The molecule has 0 aliphatic carbocycles. The quantitative estimate of drug-likeness (QED) is 0.872. The molecule has 1 aliphatic heterocycles. The second kappa shape index (κ2) is 6.81. The first kappa shape index (κ1) is 15.5. The number of carbonyl (C=O) groups is 1. The number of hydrogen-bond donors (Lipinski definition) is 0. The van der Waals surface area contributed by atoms with Crippen molar-refractivity contribution in [3.8, 4) is 0 Å². The van der Waals surface area contributed by atoms with Gasteiger partial charge in [-0.25, -0.2) is 9.97 Å². The van der Waals surface area contributed by atoms with Crippen LogP contribution in [0.15, 0.2) is 36.8 Å². The predicted octanol–water partition coefficient (Wildman–Crippen LogP) is 2.21. The fourth-order valence-electron chi connectivity index (χ4n) is 2.96. The van der Waals surface area contributed by atoms with E-state index in [4.69, 9.17) is 0 Å². The maximum atomic E-state index is 12.8. The van der Waals surface area contributed by atoms with Crippen molar-refractivity contribution in [1.29, 1.82) is 0 Å². The Hall–Kier alpha value is -2.37. The molecule has 1 saturated heterocycles. The first-order chi connectivity index (χ1) is 11.2. The second-order valence-electron chi connectivity index (χ2n) is 6.08. The first-order valence-electron chi connectivity index (χ1n) is 8.15. The van der Waals surface area contributed by atoms with E-state index >= 15 is 0 Å². The van der Waals surface area contributed by atoms with Gasteiger partial charge in [-0.3, -0.25) is 4.79 Å². The molecule has 6 nitrogen and oxygen atoms in total. The average molecular weight is 313 g/mol. The third-order valence-electron chi connectivity index (χ3n) is 4.17. The van der Waals surface area contributed by atoms with Crippen molar-refractivity contribution < 1.29 is 4.79 Å². The number of amides is 1. The van der Waals surface area contributed by atoms with E-state index in [1.54, 1.807) is 12.4 Å². The van der Waals surface area contributed by atoms with Gasteiger partial charge in [0, 0.05) is 50.8 Å². The van der Waals surface area contributed by atoms with Gasteiger partial charge in [-0.2, -0.15) is 0 Å². The van der Waals surface area contributed by atoms with Crippen LogP contribution in [-0.4, -0.2) is 51.5 Å². The van der Waals surface area contributed by atoms with Gasteiger partial charge in [-0.05, 0) is 38.5 Å². The van der Waals surface area contributed by atoms with Gasteiger partial charge in [0.1, 0.15) is 5.69 Å². The summed E-state index contributed by atoms with van der Waals surface area (Å²) in [5.41, 5.74) is 0.768. The Morgan fingerprint density at radius 1 is 1.09 bits per heavy atom. The first-order valence-corrected chi connectivity index (χ1v) is 8.15. The summed E-state index contributed by atoms with van der Waals surface area (Å²) in [5.74, 6) is 0.854. The third kappa shape index (κ3) is 3.36. The minimum absolute atomic E-state index is 0.111. The van der Waals surface area contributed by atoms with E-state index < -0.39 is 0 Å². The molecule has 1 aliphatic rings. The SMILES string of the molecule is CC(C)n1cccc1C(=O)N1CCCN(c2ncccn2)CC1. The molecule has 0 unspecified atom stereocenters. The molecule has 3 heterocycles. The van der Waals surface area contributed by atoms with Crippen LogP contribution in [0.25, 0.3) is 0 Å². The van der Waals surface area contributed by atoms with Gasteiger partial charge in [0.05, 0.1) is 0 Å². The molecule has 2 aromatic heterocycles. The lowest BCUT2D eigenvalue weighted by Gasteiger charge is -2.23. The lowest BCUT2D eigenvalue weighted by molar-refractivity contribution is 0.0754. The summed E-state index contributed by atoms with van der Waals surface area (Å²) in [6, 6.07) is 5.95. The van der Waals surface area contributed by atoms with E-state index in [9.17, 15) is 4.79 Å². The number of nitrogens with zero attached hydrogens (tertiary/aromatic N) is 5. The minimum atomic E-state index is 0.111. The predicted molar refractivity (Wildman–Crippen MR) is 89.6 cm³/mol. The molecule has 23 heavy (non-hydrogen) atoms. The van der Waals surface area contributed by atoms with Crippen LogP contribution in [0.4, 0.5) is 5.95 Å². The molecule has 1 fully saturated rings. The third-order valence-corrected chi connectivity index (χ3v) is 4.17. The lowest BCUT2D eigenvalue weighted by atomic mass is 10.3. The summed E-state index contributed by atoms with van der Waals surface area (Å²) < 4.78 is 2.03. The summed E-state index contributed by atoms with van der Waals surface area (Å²) in [7, 11) is 0. The maximum Gasteiger partial charge on any atom is 0.270 e. The van der Waals surface area contributed by atoms with E-state index in [0.29, 0.717) is 6.54 Å². The number of carbonyl (C=O) groups excluding carboxylic acids is 1. The van der Waals surface area contributed by atoms with Crippen molar-refractivity contribution in [2.24, 2.45) is 0 Å². The molecule has 0 radical (unpaired) electrons. The summed E-state index contributed by atoms with van der Waals surface area (Å²) in [4.78, 5) is 25.5. The van der Waals surface area contributed by atoms with Crippen molar-refractivity contribution in [2.45, 2.75) is 26.3 Å². The Morgan fingerprint density at radius 2 is 1.87 bits per heavy atom. The van der Waals surface area contributed by atoms with Crippen molar-refractivity contribution in [3.05, 3.63) is 42.5 Å². The number of aromatic nitrogens is 3. The van der Waals surface area contributed by atoms with Crippen molar-refractivity contribution in [2.75, 3.05) is 31.1 Å². The Morgan fingerprint density at radius 3 is 2.61 bits per heavy atom. The van der Waals surface area contributed by atoms with Gasteiger partial charge in [0.2, 0.25) is 5.95 Å². The number of anilines is 1. The van der Waals surface area contributed by atoms with Crippen molar-refractivity contribution >= 4 is 11.9 Å². The molecule has 0 N–H and O–H groups in total. The maximum absolute atomic E-state index is 12.8. The van der Waals surface area contributed by atoms with Gasteiger partial charge < -0.3 is 14.4 Å². The highest BCUT2D eigenvalue weighted by molar-refractivity contribution is 5.92. The van der Waals surface area contributed by atoms with E-state index in [1.165, 1.54) is 0 Å². The summed E-state index contributed by atoms with van der Waals surface area (Å²) in [6.07, 6.45) is 6.41. The van der Waals surface area contributed by atoms with Crippen LogP contribution in [0.2, 0.25) is 0 Å². The van der Waals surface area contributed by atoms with E-state index in [0.717, 1.165) is 37.7 Å². The summed E-state index contributed by atoms with van der Waals surface area (Å²) >= 11 is 0. The Labute approximate surface area is 136 Å². The zero-order valence-electron chi connectivity index (χ0n) is 13.7. The highest BCUT2D eigenvalue weighted by Crippen LogP contribution is 2.16. The molecule has 0 atom stereocenters. The van der Waals surface area contributed by atoms with Gasteiger partial charge in [0.25, 0.3) is 5.91 Å². The molecular weight excluding hydrogens is 290 g/mol. The van der Waals surface area contributed by atoms with Crippen LogP contribution in [0.3, 0.4) is 0 Å². The molecule has 0 spiro atoms. The van der Waals surface area contributed by atoms with Crippen LogP contribution in [0.5, 0.6) is 0 Å². The van der Waals surface area contributed by atoms with Gasteiger partial charge >= 0.3 is 0 Å². The van der Waals surface area contributed by atoms with Crippen LogP contribution < -0.4 is 4.90 Å². The van der Waals surface area contributed by atoms with Gasteiger partial charge in [-0.1, -0.05) is 0 Å². The van der Waals surface area contributed by atoms with E-state index in [2.05, 4.69) is 28.7 Å². The number of hydrogen-bond acceptors (Lipinski definition) is 4. The standard InChI is InChI=1S/C17H23N5O/c1-14(2)22-11-3-6-15(22)16(23)20-9-5-10-21(13-12-20)17-18-7-4-8-19-17/h3-4,6-8,11,14H,5,9-10,12-13H2,1-2H3. The molecule has 0 saturated carbocycles. The highest BCUT2D eigenvalue weighted by atomic mass is 16.2. The highest BCUT2D eigenvalue weighted by Gasteiger charge is 2.23. The molecule has 0 bridgehead atoms. The second-order valence-corrected chi connectivity index (χ2v) is 6.08. The molecule has 2 aromatic rings. The van der Waals surface area contributed by atoms with Crippen molar-refractivity contribution in [1.82, 2.24) is 19.4 Å².